The second-order valence-corrected chi connectivity index (χ2v) is 11.8. The smallest absolute Gasteiger partial charge is 0.425 e. The van der Waals surface area contributed by atoms with Crippen LogP contribution in [0.3, 0.4) is 0 Å². The predicted molar refractivity (Wildman–Crippen MR) is 146 cm³/mol. The highest BCUT2D eigenvalue weighted by Crippen LogP contribution is 2.34. The van der Waals surface area contributed by atoms with Crippen molar-refractivity contribution in [3.05, 3.63) is 41.1 Å². The summed E-state index contributed by atoms with van der Waals surface area (Å²) >= 11 is 0. The van der Waals surface area contributed by atoms with Gasteiger partial charge in [-0.1, -0.05) is 12.1 Å². The molecule has 0 aliphatic carbocycles. The van der Waals surface area contributed by atoms with Crippen LogP contribution in [0.1, 0.15) is 77.0 Å². The molecule has 0 spiro atoms. The summed E-state index contributed by atoms with van der Waals surface area (Å²) in [6.07, 6.45) is -1.92. The molecule has 0 saturated carbocycles. The summed E-state index contributed by atoms with van der Waals surface area (Å²) < 4.78 is 16.2. The van der Waals surface area contributed by atoms with Gasteiger partial charge in [0.2, 0.25) is 0 Å². The topological polar surface area (TPSA) is 148 Å². The molecule has 0 bridgehead atoms. The molecule has 2 heterocycles. The zero-order valence-corrected chi connectivity index (χ0v) is 24.3. The van der Waals surface area contributed by atoms with Gasteiger partial charge in [0.1, 0.15) is 16.8 Å². The Labute approximate surface area is 233 Å². The molecule has 1 aromatic heterocycles. The lowest BCUT2D eigenvalue weighted by Gasteiger charge is -2.32. The molecule has 0 saturated heterocycles. The number of methoxy groups -OCH3 is 1. The maximum atomic E-state index is 13.9. The fraction of sp³-hybridized carbons (Fsp3) is 0.500. The number of carbonyl (C=O) groups is 4. The Morgan fingerprint density at radius 2 is 1.43 bits per heavy atom. The molecule has 0 atom stereocenters. The molecule has 0 unspecified atom stereocenters. The number of imide groups is 1. The zero-order valence-electron chi connectivity index (χ0n) is 24.3. The van der Waals surface area contributed by atoms with Gasteiger partial charge >= 0.3 is 24.2 Å². The third kappa shape index (κ3) is 6.49. The van der Waals surface area contributed by atoms with E-state index in [1.54, 1.807) is 79.7 Å². The summed E-state index contributed by atoms with van der Waals surface area (Å²) in [6, 6.07) is 6.43. The first kappa shape index (κ1) is 30.3. The second-order valence-electron chi connectivity index (χ2n) is 11.8. The standard InChI is InChI=1S/C28H36N4O8/c1-26(2,3)39-24(36)32(25(37)40-27(4,5)6)20-19-18(29-23(30-20)38-9)14-15-31(21(19)33)17-12-10-16(11-13-17)28(7,8)22(34)35/h10-13H,14-15H2,1-9H3,(H,34,35). The molecule has 216 valence electrons. The van der Waals surface area contributed by atoms with E-state index in [-0.39, 0.29) is 36.1 Å². The summed E-state index contributed by atoms with van der Waals surface area (Å²) in [5, 5.41) is 9.55. The van der Waals surface area contributed by atoms with E-state index in [9.17, 15) is 24.3 Å². The lowest BCUT2D eigenvalue weighted by molar-refractivity contribution is -0.142. The lowest BCUT2D eigenvalue weighted by Crippen LogP contribution is -2.47. The monoisotopic (exact) mass is 556 g/mol. The predicted octanol–water partition coefficient (Wildman–Crippen LogP) is 4.73. The van der Waals surface area contributed by atoms with Crippen LogP contribution < -0.4 is 14.5 Å². The normalized spacial score (nSPS) is 13.8. The van der Waals surface area contributed by atoms with E-state index >= 15 is 0 Å². The first-order chi connectivity index (χ1) is 18.4. The molecule has 1 aliphatic heterocycles. The number of aliphatic carboxylic acids is 1. The molecule has 0 radical (unpaired) electrons. The number of hydrogen-bond acceptors (Lipinski definition) is 9. The molecule has 40 heavy (non-hydrogen) atoms. The molecule has 0 fully saturated rings. The number of hydrogen-bond donors (Lipinski definition) is 1. The van der Waals surface area contributed by atoms with E-state index in [2.05, 4.69) is 9.97 Å². The number of ether oxygens (including phenoxy) is 3. The van der Waals surface area contributed by atoms with Gasteiger partial charge in [-0.25, -0.2) is 9.59 Å². The lowest BCUT2D eigenvalue weighted by atomic mass is 9.85. The highest BCUT2D eigenvalue weighted by atomic mass is 16.6. The van der Waals surface area contributed by atoms with Crippen molar-refractivity contribution in [2.24, 2.45) is 0 Å². The quantitative estimate of drug-likeness (QED) is 0.548. The maximum absolute atomic E-state index is 13.9. The third-order valence-electron chi connectivity index (χ3n) is 5.96. The largest absolute Gasteiger partial charge is 0.481 e. The van der Waals surface area contributed by atoms with E-state index < -0.39 is 40.7 Å². The fourth-order valence-electron chi connectivity index (χ4n) is 3.87. The average Bonchev–Trinajstić information content (AvgIpc) is 2.81. The Bertz CT molecular complexity index is 1300. The molecule has 1 N–H and O–H groups in total. The average molecular weight is 557 g/mol. The van der Waals surface area contributed by atoms with Crippen LogP contribution >= 0.6 is 0 Å². The number of anilines is 2. The van der Waals surface area contributed by atoms with Gasteiger partial charge in [-0.05, 0) is 73.1 Å². The van der Waals surface area contributed by atoms with E-state index in [0.29, 0.717) is 16.2 Å². The molecule has 3 amide bonds. The van der Waals surface area contributed by atoms with Crippen molar-refractivity contribution >= 4 is 35.6 Å². The minimum absolute atomic E-state index is 0.0845. The maximum Gasteiger partial charge on any atom is 0.425 e. The van der Waals surface area contributed by atoms with Gasteiger partial charge in [0.25, 0.3) is 5.91 Å². The van der Waals surface area contributed by atoms with Gasteiger partial charge < -0.3 is 24.2 Å². The first-order valence-electron chi connectivity index (χ1n) is 12.7. The highest BCUT2D eigenvalue weighted by Gasteiger charge is 2.41. The van der Waals surface area contributed by atoms with Crippen molar-refractivity contribution in [2.75, 3.05) is 23.5 Å². The van der Waals surface area contributed by atoms with Crippen LogP contribution in [0.2, 0.25) is 0 Å². The third-order valence-corrected chi connectivity index (χ3v) is 5.96. The van der Waals surface area contributed by atoms with Gasteiger partial charge in [0.05, 0.1) is 18.2 Å². The molecule has 12 nitrogen and oxygen atoms in total. The Morgan fingerprint density at radius 3 is 1.88 bits per heavy atom. The van der Waals surface area contributed by atoms with Crippen molar-refractivity contribution in [3.8, 4) is 6.01 Å². The second kappa shape index (κ2) is 10.7. The molecular weight excluding hydrogens is 520 g/mol. The molecule has 1 aliphatic rings. The number of aromatic nitrogens is 2. The summed E-state index contributed by atoms with van der Waals surface area (Å²) in [5.74, 6) is -1.88. The zero-order chi connectivity index (χ0) is 30.2. The van der Waals surface area contributed by atoms with Crippen LogP contribution in [0, 0.1) is 0 Å². The number of rotatable bonds is 5. The van der Waals surface area contributed by atoms with Crippen LogP contribution in [-0.2, 0) is 26.1 Å². The fourth-order valence-corrected chi connectivity index (χ4v) is 3.87. The molecule has 3 rings (SSSR count). The van der Waals surface area contributed by atoms with Crippen LogP contribution in [0.25, 0.3) is 0 Å². The Balaban J connectivity index is 2.14. The van der Waals surface area contributed by atoms with Gasteiger partial charge in [-0.3, -0.25) is 9.59 Å². The van der Waals surface area contributed by atoms with Crippen LogP contribution in [0.4, 0.5) is 21.1 Å². The van der Waals surface area contributed by atoms with Gasteiger partial charge in [-0.15, -0.1) is 0 Å². The van der Waals surface area contributed by atoms with Crippen LogP contribution in [-0.4, -0.2) is 64.0 Å². The first-order valence-corrected chi connectivity index (χ1v) is 12.7. The minimum atomic E-state index is -1.13. The number of carboxylic acids is 1. The number of amides is 3. The number of benzene rings is 1. The molecular formula is C28H36N4O8. The van der Waals surface area contributed by atoms with E-state index in [0.717, 1.165) is 0 Å². The minimum Gasteiger partial charge on any atom is -0.481 e. The molecule has 2 aromatic rings. The highest BCUT2D eigenvalue weighted by molar-refractivity contribution is 6.17. The van der Waals surface area contributed by atoms with Crippen molar-refractivity contribution < 1.29 is 38.5 Å². The van der Waals surface area contributed by atoms with Crippen molar-refractivity contribution in [2.45, 2.75) is 78.4 Å². The Morgan fingerprint density at radius 1 is 0.900 bits per heavy atom. The number of carboxylic acid groups (broad SMARTS) is 1. The summed E-state index contributed by atoms with van der Waals surface area (Å²) in [7, 11) is 1.33. The SMILES string of the molecule is COc1nc2c(c(N(C(=O)OC(C)(C)C)C(=O)OC(C)(C)C)n1)C(=O)N(c1ccc(C(C)(C)C(=O)O)cc1)CC2. The summed E-state index contributed by atoms with van der Waals surface area (Å²) in [6.45, 7) is 13.2. The Hall–Kier alpha value is -4.22. The van der Waals surface area contributed by atoms with Crippen molar-refractivity contribution in [1.82, 2.24) is 9.97 Å². The number of carbonyl (C=O) groups excluding carboxylic acids is 3. The number of nitrogens with zero attached hydrogens (tertiary/aromatic N) is 4. The van der Waals surface area contributed by atoms with Gasteiger partial charge in [0.15, 0.2) is 5.82 Å². The molecule has 12 heteroatoms. The van der Waals surface area contributed by atoms with E-state index in [1.807, 2.05) is 0 Å². The number of fused-ring (bicyclic) bond motifs is 1. The Kier molecular flexibility index (Phi) is 8.14. The summed E-state index contributed by atoms with van der Waals surface area (Å²) in [4.78, 5) is 62.9. The van der Waals surface area contributed by atoms with Crippen LogP contribution in [0.5, 0.6) is 6.01 Å². The van der Waals surface area contributed by atoms with Crippen molar-refractivity contribution in [3.63, 3.8) is 0 Å². The molecule has 1 aromatic carbocycles. The van der Waals surface area contributed by atoms with Gasteiger partial charge in [0, 0.05) is 18.7 Å². The van der Waals surface area contributed by atoms with E-state index in [4.69, 9.17) is 14.2 Å². The van der Waals surface area contributed by atoms with E-state index in [1.165, 1.54) is 12.0 Å². The van der Waals surface area contributed by atoms with Gasteiger partial charge in [-0.2, -0.15) is 14.9 Å². The summed E-state index contributed by atoms with van der Waals surface area (Å²) in [5.41, 5.74) is -1.84. The van der Waals surface area contributed by atoms with Crippen LogP contribution in [0.15, 0.2) is 24.3 Å². The van der Waals surface area contributed by atoms with Crippen molar-refractivity contribution in [1.29, 1.82) is 0 Å².